The predicted octanol–water partition coefficient (Wildman–Crippen LogP) is 3.26. The molecule has 1 amide bonds. The summed E-state index contributed by atoms with van der Waals surface area (Å²) in [5.41, 5.74) is 4.21. The van der Waals surface area contributed by atoms with Crippen molar-refractivity contribution >= 4 is 11.7 Å². The fourth-order valence-corrected chi connectivity index (χ4v) is 3.62. The summed E-state index contributed by atoms with van der Waals surface area (Å²) in [4.78, 5) is 29.1. The summed E-state index contributed by atoms with van der Waals surface area (Å²) in [6.07, 6.45) is 1.33. The molecule has 0 bridgehead atoms. The molecule has 3 rings (SSSR count). The Labute approximate surface area is 161 Å². The molecule has 1 saturated heterocycles. The van der Waals surface area contributed by atoms with Crippen molar-refractivity contribution in [1.29, 1.82) is 0 Å². The van der Waals surface area contributed by atoms with Gasteiger partial charge >= 0.3 is 0 Å². The van der Waals surface area contributed by atoms with Crippen molar-refractivity contribution in [2.75, 3.05) is 32.7 Å². The number of carbonyl (C=O) groups excluding carboxylic acids is 2. The zero-order chi connectivity index (χ0) is 19.2. The van der Waals surface area contributed by atoms with Crippen molar-refractivity contribution in [1.82, 2.24) is 9.80 Å². The SMILES string of the molecule is Cc1ccc(C(=O)CN2CCN(C(=O)CCc3ccccc3)CC2)c(C)c1. The van der Waals surface area contributed by atoms with E-state index in [0.717, 1.165) is 30.6 Å². The molecule has 142 valence electrons. The van der Waals surface area contributed by atoms with E-state index in [9.17, 15) is 9.59 Å². The summed E-state index contributed by atoms with van der Waals surface area (Å²) in [5.74, 6) is 0.371. The molecule has 1 heterocycles. The van der Waals surface area contributed by atoms with Crippen LogP contribution in [0.5, 0.6) is 0 Å². The summed E-state index contributed by atoms with van der Waals surface area (Å²) < 4.78 is 0. The van der Waals surface area contributed by atoms with Gasteiger partial charge in [-0.05, 0) is 31.4 Å². The highest BCUT2D eigenvalue weighted by atomic mass is 16.2. The molecule has 1 aliphatic rings. The molecule has 1 aliphatic heterocycles. The van der Waals surface area contributed by atoms with E-state index in [0.29, 0.717) is 26.1 Å². The van der Waals surface area contributed by atoms with Crippen molar-refractivity contribution in [2.45, 2.75) is 26.7 Å². The molecule has 0 aromatic heterocycles. The molecule has 0 spiro atoms. The smallest absolute Gasteiger partial charge is 0.222 e. The van der Waals surface area contributed by atoms with Gasteiger partial charge in [0.15, 0.2) is 5.78 Å². The molecule has 0 radical (unpaired) electrons. The number of hydrogen-bond donors (Lipinski definition) is 0. The third kappa shape index (κ3) is 5.27. The molecule has 2 aromatic rings. The molecule has 2 aromatic carbocycles. The zero-order valence-corrected chi connectivity index (χ0v) is 16.3. The van der Waals surface area contributed by atoms with Crippen LogP contribution in [-0.4, -0.2) is 54.2 Å². The Morgan fingerprint density at radius 3 is 2.30 bits per heavy atom. The van der Waals surface area contributed by atoms with Crippen LogP contribution in [0.4, 0.5) is 0 Å². The molecule has 4 nitrogen and oxygen atoms in total. The number of ketones is 1. The van der Waals surface area contributed by atoms with Crippen LogP contribution in [0.1, 0.15) is 33.5 Å². The van der Waals surface area contributed by atoms with Gasteiger partial charge in [-0.3, -0.25) is 14.5 Å². The molecule has 0 atom stereocenters. The first-order chi connectivity index (χ1) is 13.0. The topological polar surface area (TPSA) is 40.6 Å². The molecule has 0 aliphatic carbocycles. The lowest BCUT2D eigenvalue weighted by Crippen LogP contribution is -2.50. The van der Waals surface area contributed by atoms with Gasteiger partial charge in [-0.15, -0.1) is 0 Å². The Kier molecular flexibility index (Phi) is 6.40. The number of nitrogens with zero attached hydrogens (tertiary/aromatic N) is 2. The Hall–Kier alpha value is -2.46. The number of benzene rings is 2. The summed E-state index contributed by atoms with van der Waals surface area (Å²) >= 11 is 0. The molecule has 4 heteroatoms. The first kappa shape index (κ1) is 19.3. The number of aryl methyl sites for hydroxylation is 3. The van der Waals surface area contributed by atoms with E-state index in [1.54, 1.807) is 0 Å². The average Bonchev–Trinajstić information content (AvgIpc) is 2.67. The lowest BCUT2D eigenvalue weighted by atomic mass is 10.0. The minimum absolute atomic E-state index is 0.163. The normalized spacial score (nSPS) is 15.0. The van der Waals surface area contributed by atoms with Crippen molar-refractivity contribution in [3.8, 4) is 0 Å². The number of amides is 1. The van der Waals surface area contributed by atoms with Crippen LogP contribution in [0.25, 0.3) is 0 Å². The van der Waals surface area contributed by atoms with Gasteiger partial charge in [0.25, 0.3) is 0 Å². The number of piperazine rings is 1. The van der Waals surface area contributed by atoms with Crippen molar-refractivity contribution in [2.24, 2.45) is 0 Å². The largest absolute Gasteiger partial charge is 0.340 e. The van der Waals surface area contributed by atoms with Crippen LogP contribution in [0, 0.1) is 13.8 Å². The van der Waals surface area contributed by atoms with Crippen molar-refractivity contribution in [3.05, 3.63) is 70.8 Å². The lowest BCUT2D eigenvalue weighted by molar-refractivity contribution is -0.132. The first-order valence-electron chi connectivity index (χ1n) is 9.67. The first-order valence-corrected chi connectivity index (χ1v) is 9.67. The van der Waals surface area contributed by atoms with E-state index in [-0.39, 0.29) is 11.7 Å². The molecule has 1 fully saturated rings. The van der Waals surface area contributed by atoms with Crippen LogP contribution in [0.3, 0.4) is 0 Å². The second-order valence-electron chi connectivity index (χ2n) is 7.38. The predicted molar refractivity (Wildman–Crippen MR) is 108 cm³/mol. The van der Waals surface area contributed by atoms with Gasteiger partial charge in [-0.1, -0.05) is 54.1 Å². The highest BCUT2D eigenvalue weighted by Gasteiger charge is 2.23. The van der Waals surface area contributed by atoms with Gasteiger partial charge in [0.1, 0.15) is 0 Å². The van der Waals surface area contributed by atoms with E-state index < -0.39 is 0 Å². The van der Waals surface area contributed by atoms with Crippen LogP contribution in [-0.2, 0) is 11.2 Å². The van der Waals surface area contributed by atoms with Gasteiger partial charge in [0.2, 0.25) is 5.91 Å². The standard InChI is InChI=1S/C23H28N2O2/c1-18-8-10-21(19(2)16-18)22(26)17-24-12-14-25(15-13-24)23(27)11-9-20-6-4-3-5-7-20/h3-8,10,16H,9,11-15,17H2,1-2H3. The van der Waals surface area contributed by atoms with Crippen LogP contribution < -0.4 is 0 Å². The monoisotopic (exact) mass is 364 g/mol. The number of Topliss-reactive ketones (excluding diaryl/α,β-unsaturated/α-hetero) is 1. The third-order valence-electron chi connectivity index (χ3n) is 5.24. The second kappa shape index (κ2) is 8.96. The summed E-state index contributed by atoms with van der Waals surface area (Å²) in [6, 6.07) is 16.1. The van der Waals surface area contributed by atoms with Gasteiger partial charge in [0, 0.05) is 38.2 Å². The van der Waals surface area contributed by atoms with E-state index >= 15 is 0 Å². The Morgan fingerprint density at radius 2 is 1.63 bits per heavy atom. The van der Waals surface area contributed by atoms with Gasteiger partial charge in [0.05, 0.1) is 6.54 Å². The molecular formula is C23H28N2O2. The Balaban J connectivity index is 1.45. The molecule has 0 N–H and O–H groups in total. The highest BCUT2D eigenvalue weighted by molar-refractivity contribution is 5.99. The summed E-state index contributed by atoms with van der Waals surface area (Å²) in [5, 5.41) is 0. The van der Waals surface area contributed by atoms with Gasteiger partial charge in [-0.25, -0.2) is 0 Å². The summed E-state index contributed by atoms with van der Waals surface area (Å²) in [7, 11) is 0. The fraction of sp³-hybridized carbons (Fsp3) is 0.391. The van der Waals surface area contributed by atoms with E-state index in [1.807, 2.05) is 49.1 Å². The van der Waals surface area contributed by atoms with Crippen LogP contribution in [0.15, 0.2) is 48.5 Å². The van der Waals surface area contributed by atoms with Crippen LogP contribution >= 0.6 is 0 Å². The summed E-state index contributed by atoms with van der Waals surface area (Å²) in [6.45, 7) is 7.37. The number of rotatable bonds is 6. The average molecular weight is 364 g/mol. The third-order valence-corrected chi connectivity index (χ3v) is 5.24. The molecule has 0 unspecified atom stereocenters. The minimum Gasteiger partial charge on any atom is -0.340 e. The fourth-order valence-electron chi connectivity index (χ4n) is 3.62. The van der Waals surface area contributed by atoms with E-state index in [4.69, 9.17) is 0 Å². The zero-order valence-electron chi connectivity index (χ0n) is 16.3. The van der Waals surface area contributed by atoms with Gasteiger partial charge in [-0.2, -0.15) is 0 Å². The Bertz CT molecular complexity index is 793. The maximum absolute atomic E-state index is 12.6. The Morgan fingerprint density at radius 1 is 0.926 bits per heavy atom. The maximum Gasteiger partial charge on any atom is 0.222 e. The van der Waals surface area contributed by atoms with Gasteiger partial charge < -0.3 is 4.90 Å². The lowest BCUT2D eigenvalue weighted by Gasteiger charge is -2.34. The van der Waals surface area contributed by atoms with E-state index in [2.05, 4.69) is 23.1 Å². The quantitative estimate of drug-likeness (QED) is 0.739. The molecular weight excluding hydrogens is 336 g/mol. The van der Waals surface area contributed by atoms with Crippen LogP contribution in [0.2, 0.25) is 0 Å². The van der Waals surface area contributed by atoms with Crippen molar-refractivity contribution < 1.29 is 9.59 Å². The number of hydrogen-bond acceptors (Lipinski definition) is 3. The second-order valence-corrected chi connectivity index (χ2v) is 7.38. The molecule has 27 heavy (non-hydrogen) atoms. The van der Waals surface area contributed by atoms with Crippen molar-refractivity contribution in [3.63, 3.8) is 0 Å². The highest BCUT2D eigenvalue weighted by Crippen LogP contribution is 2.13. The molecule has 0 saturated carbocycles. The maximum atomic E-state index is 12.6. The van der Waals surface area contributed by atoms with E-state index in [1.165, 1.54) is 11.1 Å². The number of carbonyl (C=O) groups is 2. The minimum atomic E-state index is 0.163.